The van der Waals surface area contributed by atoms with E-state index in [0.29, 0.717) is 24.4 Å². The van der Waals surface area contributed by atoms with Crippen molar-refractivity contribution in [2.45, 2.75) is 13.5 Å². The summed E-state index contributed by atoms with van der Waals surface area (Å²) in [6, 6.07) is 1.64. The number of aliphatic hydroxyl groups excluding tert-OH is 1. The Balaban J connectivity index is 2.60. The van der Waals surface area contributed by atoms with Gasteiger partial charge in [0.05, 0.1) is 18.7 Å². The fourth-order valence-electron chi connectivity index (χ4n) is 1.38. The van der Waals surface area contributed by atoms with Crippen LogP contribution in [-0.2, 0) is 6.54 Å². The summed E-state index contributed by atoms with van der Waals surface area (Å²) in [6.07, 6.45) is 1.37. The number of carbonyl (C=O) groups is 1. The Labute approximate surface area is 94.0 Å². The van der Waals surface area contributed by atoms with E-state index >= 15 is 0 Å². The highest BCUT2D eigenvalue weighted by Gasteiger charge is 2.11. The number of amides is 1. The summed E-state index contributed by atoms with van der Waals surface area (Å²) in [7, 11) is 0. The molecule has 90 valence electrons. The molecule has 0 aliphatic heterocycles. The third kappa shape index (κ3) is 3.34. The Hall–Kier alpha value is -1.37. The Morgan fingerprint density at radius 1 is 1.69 bits per heavy atom. The van der Waals surface area contributed by atoms with Gasteiger partial charge in [-0.15, -0.1) is 0 Å². The number of carbonyl (C=O) groups excluding carboxylic acids is 1. The van der Waals surface area contributed by atoms with E-state index in [1.165, 1.54) is 6.26 Å². The molecule has 1 rings (SSSR count). The molecule has 0 atom stereocenters. The molecule has 1 amide bonds. The molecule has 0 spiro atoms. The van der Waals surface area contributed by atoms with Crippen LogP contribution >= 0.6 is 0 Å². The highest BCUT2D eigenvalue weighted by atomic mass is 16.3. The normalized spacial score (nSPS) is 10.8. The van der Waals surface area contributed by atoms with Crippen LogP contribution in [0.15, 0.2) is 16.7 Å². The summed E-state index contributed by atoms with van der Waals surface area (Å²) < 4.78 is 5.23. The first-order chi connectivity index (χ1) is 7.71. The second-order valence-corrected chi connectivity index (χ2v) is 3.37. The highest BCUT2D eigenvalue weighted by molar-refractivity contribution is 5.93. The maximum Gasteiger partial charge on any atom is 0.268 e. The van der Waals surface area contributed by atoms with Gasteiger partial charge < -0.3 is 9.52 Å². The van der Waals surface area contributed by atoms with Crippen molar-refractivity contribution >= 4 is 5.91 Å². The molecule has 1 aromatic rings. The molecule has 0 fully saturated rings. The van der Waals surface area contributed by atoms with Gasteiger partial charge in [0.15, 0.2) is 0 Å². The van der Waals surface area contributed by atoms with Crippen LogP contribution in [0.5, 0.6) is 0 Å². The summed E-state index contributed by atoms with van der Waals surface area (Å²) in [5, 5.41) is 8.82. The molecule has 0 radical (unpaired) electrons. The minimum absolute atomic E-state index is 0.102. The number of hydrogen-bond acceptors (Lipinski definition) is 5. The maximum atomic E-state index is 11.2. The van der Waals surface area contributed by atoms with E-state index in [-0.39, 0.29) is 12.5 Å². The number of likely N-dealkylation sites (N-methyl/N-ethyl adjacent to an activating group) is 1. The molecule has 1 aromatic heterocycles. The molecule has 0 saturated heterocycles. The predicted octanol–water partition coefficient (Wildman–Crippen LogP) is -0.303. The minimum Gasteiger partial charge on any atom is -0.467 e. The van der Waals surface area contributed by atoms with Crippen LogP contribution in [0.1, 0.15) is 23.0 Å². The van der Waals surface area contributed by atoms with Crippen LogP contribution in [0.3, 0.4) is 0 Å². The number of rotatable bonds is 6. The van der Waals surface area contributed by atoms with Crippen molar-refractivity contribution < 1.29 is 14.3 Å². The van der Waals surface area contributed by atoms with E-state index in [4.69, 9.17) is 15.4 Å². The molecule has 4 N–H and O–H groups in total. The van der Waals surface area contributed by atoms with Gasteiger partial charge in [0.1, 0.15) is 12.0 Å². The van der Waals surface area contributed by atoms with Gasteiger partial charge in [0.2, 0.25) is 0 Å². The molecule has 0 aliphatic carbocycles. The number of hydrazine groups is 1. The highest BCUT2D eigenvalue weighted by Crippen LogP contribution is 2.10. The first-order valence-corrected chi connectivity index (χ1v) is 5.12. The van der Waals surface area contributed by atoms with Gasteiger partial charge in [0, 0.05) is 6.54 Å². The number of aliphatic hydroxyl groups is 1. The third-order valence-corrected chi connectivity index (χ3v) is 2.29. The third-order valence-electron chi connectivity index (χ3n) is 2.29. The number of nitrogen functional groups attached to an aromatic ring is 1. The lowest BCUT2D eigenvalue weighted by Crippen LogP contribution is -2.29. The van der Waals surface area contributed by atoms with Gasteiger partial charge >= 0.3 is 0 Å². The largest absolute Gasteiger partial charge is 0.467 e. The van der Waals surface area contributed by atoms with E-state index in [9.17, 15) is 4.79 Å². The van der Waals surface area contributed by atoms with Crippen molar-refractivity contribution in [2.75, 3.05) is 19.7 Å². The van der Waals surface area contributed by atoms with Crippen LogP contribution in [0.2, 0.25) is 0 Å². The van der Waals surface area contributed by atoms with Crippen molar-refractivity contribution in [3.63, 3.8) is 0 Å². The number of furan rings is 1. The second-order valence-electron chi connectivity index (χ2n) is 3.37. The molecule has 0 bridgehead atoms. The zero-order valence-electron chi connectivity index (χ0n) is 9.27. The number of nitrogens with two attached hydrogens (primary N) is 1. The van der Waals surface area contributed by atoms with E-state index in [0.717, 1.165) is 6.54 Å². The Morgan fingerprint density at radius 2 is 2.44 bits per heavy atom. The standard InChI is InChI=1S/C10H17N3O3/c1-2-13(3-4-14)6-9-5-8(7-16-9)10(15)12-11/h5,7,14H,2-4,6,11H2,1H3,(H,12,15). The van der Waals surface area contributed by atoms with Crippen molar-refractivity contribution in [3.8, 4) is 0 Å². The molecule has 1 heterocycles. The molecule has 0 aliphatic rings. The van der Waals surface area contributed by atoms with Gasteiger partial charge in [-0.2, -0.15) is 0 Å². The molecule has 6 nitrogen and oxygen atoms in total. The van der Waals surface area contributed by atoms with Gasteiger partial charge in [-0.3, -0.25) is 15.1 Å². The quantitative estimate of drug-likeness (QED) is 0.352. The molecule has 6 heteroatoms. The van der Waals surface area contributed by atoms with Crippen LogP contribution in [0.4, 0.5) is 0 Å². The summed E-state index contributed by atoms with van der Waals surface area (Å²) >= 11 is 0. The van der Waals surface area contributed by atoms with Crippen LogP contribution in [0.25, 0.3) is 0 Å². The second kappa shape index (κ2) is 6.26. The molecule has 0 aromatic carbocycles. The fourth-order valence-corrected chi connectivity index (χ4v) is 1.38. The topological polar surface area (TPSA) is 91.7 Å². The summed E-state index contributed by atoms with van der Waals surface area (Å²) in [4.78, 5) is 13.2. The lowest BCUT2D eigenvalue weighted by atomic mass is 10.3. The zero-order chi connectivity index (χ0) is 12.0. The number of hydrogen-bond donors (Lipinski definition) is 3. The SMILES string of the molecule is CCN(CCO)Cc1cc(C(=O)NN)co1. The van der Waals surface area contributed by atoms with E-state index in [2.05, 4.69) is 0 Å². The Kier molecular flexibility index (Phi) is 4.97. The van der Waals surface area contributed by atoms with Gasteiger partial charge in [0.25, 0.3) is 5.91 Å². The van der Waals surface area contributed by atoms with Gasteiger partial charge in [-0.25, -0.2) is 5.84 Å². The summed E-state index contributed by atoms with van der Waals surface area (Å²) in [5.74, 6) is 5.30. The van der Waals surface area contributed by atoms with Crippen LogP contribution < -0.4 is 11.3 Å². The maximum absolute atomic E-state index is 11.2. The lowest BCUT2D eigenvalue weighted by molar-refractivity contribution is 0.0953. The number of nitrogens with zero attached hydrogens (tertiary/aromatic N) is 1. The first-order valence-electron chi connectivity index (χ1n) is 5.12. The lowest BCUT2D eigenvalue weighted by Gasteiger charge is -2.16. The van der Waals surface area contributed by atoms with Gasteiger partial charge in [-0.1, -0.05) is 6.92 Å². The van der Waals surface area contributed by atoms with Crippen molar-refractivity contribution in [1.82, 2.24) is 10.3 Å². The Morgan fingerprint density at radius 3 is 3.00 bits per heavy atom. The summed E-state index contributed by atoms with van der Waals surface area (Å²) in [5.41, 5.74) is 2.44. The van der Waals surface area contributed by atoms with E-state index in [1.54, 1.807) is 6.07 Å². The smallest absolute Gasteiger partial charge is 0.268 e. The van der Waals surface area contributed by atoms with Crippen LogP contribution in [-0.4, -0.2) is 35.6 Å². The average Bonchev–Trinajstić information content (AvgIpc) is 2.76. The monoisotopic (exact) mass is 227 g/mol. The fraction of sp³-hybridized carbons (Fsp3) is 0.500. The molecule has 16 heavy (non-hydrogen) atoms. The van der Waals surface area contributed by atoms with E-state index < -0.39 is 0 Å². The first kappa shape index (κ1) is 12.7. The number of nitrogens with one attached hydrogen (secondary N) is 1. The molecule has 0 unspecified atom stereocenters. The van der Waals surface area contributed by atoms with Crippen molar-refractivity contribution in [1.29, 1.82) is 0 Å². The van der Waals surface area contributed by atoms with E-state index in [1.807, 2.05) is 17.2 Å². The minimum atomic E-state index is -0.375. The van der Waals surface area contributed by atoms with Gasteiger partial charge in [-0.05, 0) is 12.6 Å². The Bertz CT molecular complexity index is 338. The molecular weight excluding hydrogens is 210 g/mol. The molecule has 0 saturated carbocycles. The average molecular weight is 227 g/mol. The van der Waals surface area contributed by atoms with Crippen molar-refractivity contribution in [3.05, 3.63) is 23.7 Å². The van der Waals surface area contributed by atoms with Crippen LogP contribution in [0, 0.1) is 0 Å². The predicted molar refractivity (Wildman–Crippen MR) is 58.4 cm³/mol. The molecular formula is C10H17N3O3. The summed E-state index contributed by atoms with van der Waals surface area (Å²) in [6.45, 7) is 4.04. The zero-order valence-corrected chi connectivity index (χ0v) is 9.27. The van der Waals surface area contributed by atoms with Crippen molar-refractivity contribution in [2.24, 2.45) is 5.84 Å².